The Morgan fingerprint density at radius 2 is 0.933 bits per heavy atom. The third kappa shape index (κ3) is 17.8. The zero-order valence-electron chi connectivity index (χ0n) is 60.1. The van der Waals surface area contributed by atoms with Crippen LogP contribution in [0.4, 0.5) is 4.79 Å². The van der Waals surface area contributed by atoms with Crippen molar-refractivity contribution in [1.29, 1.82) is 0 Å². The van der Waals surface area contributed by atoms with Gasteiger partial charge in [0.05, 0.1) is 63.5 Å². The van der Waals surface area contributed by atoms with Gasteiger partial charge in [0.25, 0.3) is 20.1 Å². The lowest BCUT2D eigenvalue weighted by atomic mass is 9.94. The van der Waals surface area contributed by atoms with Gasteiger partial charge in [-0.3, -0.25) is 14.5 Å². The van der Waals surface area contributed by atoms with Gasteiger partial charge in [0.1, 0.15) is 73.7 Å². The summed E-state index contributed by atoms with van der Waals surface area (Å²) >= 11 is 0. The maximum Gasteiger partial charge on any atom is 0.407 e. The van der Waals surface area contributed by atoms with Crippen LogP contribution in [0.15, 0.2) is 237 Å². The first kappa shape index (κ1) is 75.1. The molecular weight excluding hydrogens is 1350 g/mol. The highest BCUT2D eigenvalue weighted by Crippen LogP contribution is 2.45. The molecule has 0 aromatic heterocycles. The molecule has 20 nitrogen and oxygen atoms in total. The van der Waals surface area contributed by atoms with E-state index >= 15 is 9.59 Å². The van der Waals surface area contributed by atoms with Crippen molar-refractivity contribution >= 4 is 36.6 Å². The number of nitrogens with one attached hydrogen (secondary N) is 1. The summed E-state index contributed by atoms with van der Waals surface area (Å²) in [5, 5.41) is 18.1. The van der Waals surface area contributed by atoms with Gasteiger partial charge < -0.3 is 76.4 Å². The zero-order chi connectivity index (χ0) is 72.9. The Balaban J connectivity index is 0.900. The Morgan fingerprint density at radius 1 is 0.495 bits per heavy atom. The third-order valence-corrected chi connectivity index (χ3v) is 24.7. The van der Waals surface area contributed by atoms with Gasteiger partial charge in [-0.1, -0.05) is 245 Å². The van der Waals surface area contributed by atoms with E-state index in [-0.39, 0.29) is 76.9 Å². The molecule has 0 spiro atoms. The molecule has 5 heterocycles. The fraction of sp³-hybridized carbons (Fsp3) is 0.393. The maximum atomic E-state index is 15.1. The van der Waals surface area contributed by atoms with Crippen LogP contribution >= 0.6 is 0 Å². The van der Waals surface area contributed by atoms with Gasteiger partial charge >= 0.3 is 6.09 Å². The van der Waals surface area contributed by atoms with E-state index < -0.39 is 129 Å². The Hall–Kier alpha value is -8.17. The molecule has 2 N–H and O–H groups in total. The van der Waals surface area contributed by atoms with Crippen molar-refractivity contribution in [2.45, 2.75) is 184 Å². The van der Waals surface area contributed by atoms with Gasteiger partial charge in [0.2, 0.25) is 0 Å². The number of hydrogen-bond donors (Lipinski definition) is 2. The fourth-order valence-electron chi connectivity index (χ4n) is 14.7. The minimum Gasteiger partial charge on any atom is -0.445 e. The van der Waals surface area contributed by atoms with Gasteiger partial charge in [-0.2, -0.15) is 0 Å². The number of alkyl carbamates (subject to hydrolysis) is 1. The van der Waals surface area contributed by atoms with E-state index in [9.17, 15) is 9.90 Å². The zero-order valence-corrected chi connectivity index (χ0v) is 61.1. The second-order valence-electron chi connectivity index (χ2n) is 28.5. The van der Waals surface area contributed by atoms with E-state index in [0.29, 0.717) is 0 Å². The first-order chi connectivity index (χ1) is 51.0. The molecule has 3 amide bonds. The molecule has 5 aliphatic rings. The van der Waals surface area contributed by atoms with E-state index in [4.69, 9.17) is 66.0 Å². The molecule has 21 heteroatoms. The Labute approximate surface area is 615 Å². The van der Waals surface area contributed by atoms with Crippen LogP contribution in [0.1, 0.15) is 96.5 Å². The lowest BCUT2D eigenvalue weighted by Gasteiger charge is -2.51. The Morgan fingerprint density at radius 3 is 1.46 bits per heavy atom. The fourth-order valence-corrected chi connectivity index (χ4v) is 19.3. The van der Waals surface area contributed by atoms with Crippen molar-refractivity contribution in [2.24, 2.45) is 0 Å². The molecule has 0 bridgehead atoms. The second-order valence-corrected chi connectivity index (χ2v) is 32.8. The summed E-state index contributed by atoms with van der Waals surface area (Å²) in [5.41, 5.74) is 4.72. The number of ether oxygens (including phenoxy) is 13. The van der Waals surface area contributed by atoms with E-state index in [2.05, 4.69) is 50.4 Å². The summed E-state index contributed by atoms with van der Waals surface area (Å²) < 4.78 is 98.5. The molecule has 8 aromatic rings. The average Bonchev–Trinajstić information content (AvgIpc) is 1.65. The van der Waals surface area contributed by atoms with Gasteiger partial charge in [0, 0.05) is 6.54 Å². The number of imide groups is 1. The standard InChI is InChI=1S/C84H94N2O18Si/c1-56-70(93-50-58-33-16-8-17-34-58)73(94-51-59-35-18-9-19-36-59)75(95-52-60-37-20-10-21-38-60)80(98-56)102-76-74-72(103-84(5,6)104-74)66(54-91-49-57-31-14-7-15-32-57)100-81(76)101-71-67(55-97-105(83(2,3)4,62-41-24-12-25-42-62)63-43-26-13-27-44-63)99-79(92-48-30-47-85-82(90)96-53-61-39-22-11-23-40-61)68(69(71)87)86-77(88)64-45-28-29-46-65(64)78(86)89/h7-29,31-46,56,66-76,79-81,87H,30,47-55H2,1-6H3,(H,85,90)/t56-,66+,67+,68+,69+,70+,71+,72-,73+,74-,75-,76+,79+,80-,81-/m0/s1. The van der Waals surface area contributed by atoms with Crippen LogP contribution in [-0.2, 0) is 99.0 Å². The summed E-state index contributed by atoms with van der Waals surface area (Å²) in [7, 11) is -3.48. The van der Waals surface area contributed by atoms with E-state index in [1.165, 1.54) is 0 Å². The van der Waals surface area contributed by atoms with Crippen molar-refractivity contribution < 1.29 is 85.5 Å². The molecule has 552 valence electrons. The molecule has 8 aromatic carbocycles. The summed E-state index contributed by atoms with van der Waals surface area (Å²) in [6.45, 7) is 12.5. The molecule has 0 aliphatic carbocycles. The number of aliphatic hydroxyl groups is 1. The largest absolute Gasteiger partial charge is 0.445 e. The molecule has 4 fully saturated rings. The topological polar surface area (TPSA) is 216 Å². The third-order valence-electron chi connectivity index (χ3n) is 19.7. The minimum absolute atomic E-state index is 0.0328. The first-order valence-corrected chi connectivity index (χ1v) is 38.1. The minimum atomic E-state index is -3.48. The van der Waals surface area contributed by atoms with Crippen LogP contribution < -0.4 is 15.7 Å². The molecule has 0 unspecified atom stereocenters. The van der Waals surface area contributed by atoms with Crippen molar-refractivity contribution in [3.8, 4) is 0 Å². The number of aliphatic hydroxyl groups excluding tert-OH is 1. The average molecular weight is 1450 g/mol. The predicted molar refractivity (Wildman–Crippen MR) is 392 cm³/mol. The van der Waals surface area contributed by atoms with E-state index in [0.717, 1.165) is 43.1 Å². The SMILES string of the molecule is C[C@@H]1O[C@@H](O[C@H]2[C@H](O[C@H]3[C@H](O)[C@@H](N4C(=O)c5ccccc5C4=O)[C@H](OCCCNC(=O)OCc4ccccc4)O[C@@H]3CO[Si](c3ccccc3)(c3ccccc3)C(C)(C)C)O[C@H](COCc3ccccc3)[C@@H]3OC(C)(C)O[C@@H]32)[C@@H](OCc2ccccc2)[C@H](OCc2ccccc2)[C@@H]1OCc1ccccc1. The number of benzene rings is 8. The molecule has 105 heavy (non-hydrogen) atoms. The molecule has 15 atom stereocenters. The monoisotopic (exact) mass is 1450 g/mol. The number of carbonyl (C=O) groups is 3. The number of nitrogens with zero attached hydrogens (tertiary/aromatic N) is 1. The molecule has 0 saturated carbocycles. The lowest BCUT2D eigenvalue weighted by molar-refractivity contribution is -0.383. The summed E-state index contributed by atoms with van der Waals surface area (Å²) in [6, 6.07) is 73.7. The first-order valence-electron chi connectivity index (χ1n) is 36.2. The van der Waals surface area contributed by atoms with Gasteiger partial charge in [0.15, 0.2) is 24.7 Å². The molecule has 13 rings (SSSR count). The smallest absolute Gasteiger partial charge is 0.407 e. The van der Waals surface area contributed by atoms with Crippen molar-refractivity contribution in [1.82, 2.24) is 10.2 Å². The Bertz CT molecular complexity index is 3980. The molecule has 4 saturated heterocycles. The van der Waals surface area contributed by atoms with E-state index in [1.807, 2.05) is 209 Å². The number of hydrogen-bond acceptors (Lipinski definition) is 18. The van der Waals surface area contributed by atoms with E-state index in [1.54, 1.807) is 24.3 Å². The van der Waals surface area contributed by atoms with Crippen LogP contribution in [0.3, 0.4) is 0 Å². The molecular formula is C84H94N2O18Si. The van der Waals surface area contributed by atoms with Crippen LogP contribution in [0.25, 0.3) is 0 Å². The van der Waals surface area contributed by atoms with Crippen LogP contribution in [-0.4, -0.2) is 160 Å². The number of amides is 3. The van der Waals surface area contributed by atoms with Crippen LogP contribution in [0.5, 0.6) is 0 Å². The highest BCUT2D eigenvalue weighted by Gasteiger charge is 2.62. The number of carbonyl (C=O) groups excluding carboxylic acids is 3. The lowest BCUT2D eigenvalue weighted by Crippen LogP contribution is -2.71. The number of fused-ring (bicyclic) bond motifs is 2. The summed E-state index contributed by atoms with van der Waals surface area (Å²) in [5.74, 6) is -2.62. The van der Waals surface area contributed by atoms with Gasteiger partial charge in [-0.15, -0.1) is 0 Å². The van der Waals surface area contributed by atoms with Gasteiger partial charge in [-0.25, -0.2) is 4.79 Å². The number of rotatable bonds is 30. The molecule has 5 aliphatic heterocycles. The summed E-state index contributed by atoms with van der Waals surface area (Å²) in [4.78, 5) is 44.2. The highest BCUT2D eigenvalue weighted by atomic mass is 28.4. The Kier molecular flexibility index (Phi) is 24.7. The van der Waals surface area contributed by atoms with Gasteiger partial charge in [-0.05, 0) is 82.6 Å². The van der Waals surface area contributed by atoms with Crippen LogP contribution in [0.2, 0.25) is 5.04 Å². The molecule has 0 radical (unpaired) electrons. The second kappa shape index (κ2) is 34.6. The van der Waals surface area contributed by atoms with Crippen LogP contribution in [0, 0.1) is 0 Å². The quantitative estimate of drug-likeness (QED) is 0.0243. The van der Waals surface area contributed by atoms with Crippen molar-refractivity contribution in [3.05, 3.63) is 276 Å². The normalized spacial score (nSPS) is 26.6. The van der Waals surface area contributed by atoms with Crippen molar-refractivity contribution in [3.63, 3.8) is 0 Å². The summed E-state index contributed by atoms with van der Waals surface area (Å²) in [6.07, 6.45) is -16.9. The maximum absolute atomic E-state index is 15.1. The highest BCUT2D eigenvalue weighted by molar-refractivity contribution is 6.99. The predicted octanol–water partition coefficient (Wildman–Crippen LogP) is 11.4. The van der Waals surface area contributed by atoms with Crippen molar-refractivity contribution in [2.75, 3.05) is 26.4 Å².